The predicted octanol–water partition coefficient (Wildman–Crippen LogP) is 3.02. The zero-order valence-corrected chi connectivity index (χ0v) is 12.3. The molecule has 5 heteroatoms. The van der Waals surface area contributed by atoms with E-state index in [1.165, 1.54) is 6.39 Å². The Bertz CT molecular complexity index is 676. The number of hydrogen-bond acceptors (Lipinski definition) is 4. The lowest BCUT2D eigenvalue weighted by Gasteiger charge is -2.37. The molecule has 0 spiro atoms. The number of ether oxygens (including phenoxy) is 1. The largest absolute Gasteiger partial charge is 0.487 e. The molecule has 1 atom stereocenters. The van der Waals surface area contributed by atoms with E-state index in [1.54, 1.807) is 6.92 Å². The van der Waals surface area contributed by atoms with Crippen molar-refractivity contribution in [3.8, 4) is 5.75 Å². The van der Waals surface area contributed by atoms with Gasteiger partial charge in [-0.05, 0) is 26.8 Å². The van der Waals surface area contributed by atoms with Crippen molar-refractivity contribution in [2.45, 2.75) is 38.8 Å². The van der Waals surface area contributed by atoms with Crippen LogP contribution >= 0.6 is 0 Å². The van der Waals surface area contributed by atoms with Crippen molar-refractivity contribution >= 4 is 5.91 Å². The summed E-state index contributed by atoms with van der Waals surface area (Å²) >= 11 is 0. The van der Waals surface area contributed by atoms with Gasteiger partial charge < -0.3 is 14.5 Å². The van der Waals surface area contributed by atoms with Gasteiger partial charge >= 0.3 is 0 Å². The fraction of sp³-hybridized carbons (Fsp3) is 0.375. The zero-order valence-electron chi connectivity index (χ0n) is 12.3. The van der Waals surface area contributed by atoms with Crippen molar-refractivity contribution in [2.24, 2.45) is 0 Å². The number of rotatable bonds is 2. The molecule has 1 amide bonds. The minimum Gasteiger partial charge on any atom is -0.487 e. The molecule has 2 aromatic rings. The standard InChI is InChI=1S/C16H18N2O3/c1-10-14(17-9-20-10)15(19)18-12-8-16(2,3)21-13-7-5-4-6-11(12)13/h4-7,9,12H,8H2,1-3H3,(H,18,19). The van der Waals surface area contributed by atoms with Gasteiger partial charge in [0.2, 0.25) is 0 Å². The molecular weight excluding hydrogens is 268 g/mol. The molecule has 5 nitrogen and oxygen atoms in total. The van der Waals surface area contributed by atoms with Crippen LogP contribution < -0.4 is 10.1 Å². The van der Waals surface area contributed by atoms with E-state index in [-0.39, 0.29) is 17.6 Å². The molecule has 1 unspecified atom stereocenters. The Morgan fingerprint density at radius 3 is 2.86 bits per heavy atom. The number of nitrogens with zero attached hydrogens (tertiary/aromatic N) is 1. The third-order valence-electron chi connectivity index (χ3n) is 3.64. The lowest BCUT2D eigenvalue weighted by molar-refractivity contribution is 0.0618. The summed E-state index contributed by atoms with van der Waals surface area (Å²) < 4.78 is 11.0. The van der Waals surface area contributed by atoms with Gasteiger partial charge in [0.15, 0.2) is 12.1 Å². The summed E-state index contributed by atoms with van der Waals surface area (Å²) in [5.74, 6) is 1.11. The van der Waals surface area contributed by atoms with Crippen molar-refractivity contribution in [1.82, 2.24) is 10.3 Å². The number of nitrogens with one attached hydrogen (secondary N) is 1. The Balaban J connectivity index is 1.88. The van der Waals surface area contributed by atoms with Crippen LogP contribution in [0.5, 0.6) is 5.75 Å². The number of carbonyl (C=O) groups excluding carboxylic acids is 1. The van der Waals surface area contributed by atoms with Gasteiger partial charge in [-0.25, -0.2) is 4.98 Å². The van der Waals surface area contributed by atoms with Gasteiger partial charge in [-0.3, -0.25) is 4.79 Å². The molecular formula is C16H18N2O3. The number of aromatic nitrogens is 1. The van der Waals surface area contributed by atoms with Crippen LogP contribution in [0.15, 0.2) is 35.1 Å². The van der Waals surface area contributed by atoms with Crippen molar-refractivity contribution in [3.05, 3.63) is 47.7 Å². The first-order chi connectivity index (χ1) is 9.96. The minimum atomic E-state index is -0.328. The van der Waals surface area contributed by atoms with Crippen molar-refractivity contribution < 1.29 is 13.9 Å². The summed E-state index contributed by atoms with van der Waals surface area (Å²) in [7, 11) is 0. The first-order valence-electron chi connectivity index (χ1n) is 6.95. The summed E-state index contributed by atoms with van der Waals surface area (Å²) in [5, 5.41) is 3.03. The summed E-state index contributed by atoms with van der Waals surface area (Å²) in [6, 6.07) is 7.68. The smallest absolute Gasteiger partial charge is 0.274 e. The molecule has 3 rings (SSSR count). The van der Waals surface area contributed by atoms with Crippen LogP contribution in [-0.2, 0) is 0 Å². The van der Waals surface area contributed by atoms with E-state index in [2.05, 4.69) is 10.3 Å². The lowest BCUT2D eigenvalue weighted by atomic mass is 9.89. The normalized spacial score (nSPS) is 19.5. The number of aryl methyl sites for hydroxylation is 1. The minimum absolute atomic E-state index is 0.103. The highest BCUT2D eigenvalue weighted by Gasteiger charge is 2.34. The highest BCUT2D eigenvalue weighted by atomic mass is 16.5. The number of benzene rings is 1. The molecule has 0 radical (unpaired) electrons. The molecule has 1 aromatic heterocycles. The second-order valence-electron chi connectivity index (χ2n) is 5.89. The quantitative estimate of drug-likeness (QED) is 0.921. The average molecular weight is 286 g/mol. The fourth-order valence-corrected chi connectivity index (χ4v) is 2.68. The summed E-state index contributed by atoms with van der Waals surface area (Å²) in [5.41, 5.74) is 0.994. The van der Waals surface area contributed by atoms with Gasteiger partial charge in [0.1, 0.15) is 17.1 Å². The SMILES string of the molecule is Cc1ocnc1C(=O)NC1CC(C)(C)Oc2ccccc21. The third kappa shape index (κ3) is 2.63. The molecule has 110 valence electrons. The molecule has 1 N–H and O–H groups in total. The van der Waals surface area contributed by atoms with E-state index < -0.39 is 0 Å². The van der Waals surface area contributed by atoms with Gasteiger partial charge in [-0.1, -0.05) is 18.2 Å². The average Bonchev–Trinajstić information content (AvgIpc) is 2.83. The Morgan fingerprint density at radius 2 is 2.14 bits per heavy atom. The Morgan fingerprint density at radius 1 is 1.38 bits per heavy atom. The Hall–Kier alpha value is -2.30. The molecule has 1 aliphatic heterocycles. The molecule has 0 bridgehead atoms. The number of para-hydroxylation sites is 1. The molecule has 0 saturated heterocycles. The number of carbonyl (C=O) groups is 1. The highest BCUT2D eigenvalue weighted by molar-refractivity contribution is 5.93. The van der Waals surface area contributed by atoms with Crippen LogP contribution in [0.1, 0.15) is 48.1 Å². The highest BCUT2D eigenvalue weighted by Crippen LogP contribution is 2.39. The third-order valence-corrected chi connectivity index (χ3v) is 3.64. The Labute approximate surface area is 123 Å². The molecule has 0 aliphatic carbocycles. The van der Waals surface area contributed by atoms with Crippen LogP contribution in [0, 0.1) is 6.92 Å². The van der Waals surface area contributed by atoms with Gasteiger partial charge in [0.05, 0.1) is 6.04 Å². The van der Waals surface area contributed by atoms with Crippen LogP contribution in [-0.4, -0.2) is 16.5 Å². The number of amides is 1. The zero-order chi connectivity index (χ0) is 15.0. The molecule has 2 heterocycles. The van der Waals surface area contributed by atoms with Crippen molar-refractivity contribution in [3.63, 3.8) is 0 Å². The summed E-state index contributed by atoms with van der Waals surface area (Å²) in [4.78, 5) is 16.3. The van der Waals surface area contributed by atoms with E-state index in [0.29, 0.717) is 17.9 Å². The predicted molar refractivity (Wildman–Crippen MR) is 77.2 cm³/mol. The van der Waals surface area contributed by atoms with Gasteiger partial charge in [0, 0.05) is 12.0 Å². The summed E-state index contributed by atoms with van der Waals surface area (Å²) in [6.07, 6.45) is 1.98. The van der Waals surface area contributed by atoms with Crippen LogP contribution in [0.4, 0.5) is 0 Å². The number of oxazole rings is 1. The van der Waals surface area contributed by atoms with Crippen LogP contribution in [0.25, 0.3) is 0 Å². The first kappa shape index (κ1) is 13.7. The number of hydrogen-bond donors (Lipinski definition) is 1. The molecule has 1 aliphatic rings. The topological polar surface area (TPSA) is 64.4 Å². The van der Waals surface area contributed by atoms with E-state index in [4.69, 9.17) is 9.15 Å². The van der Waals surface area contributed by atoms with Crippen molar-refractivity contribution in [1.29, 1.82) is 0 Å². The van der Waals surface area contributed by atoms with E-state index in [0.717, 1.165) is 11.3 Å². The molecule has 0 fully saturated rings. The van der Waals surface area contributed by atoms with E-state index in [9.17, 15) is 4.79 Å². The Kier molecular flexibility index (Phi) is 3.20. The first-order valence-corrected chi connectivity index (χ1v) is 6.95. The van der Waals surface area contributed by atoms with Crippen LogP contribution in [0.3, 0.4) is 0 Å². The van der Waals surface area contributed by atoms with Gasteiger partial charge in [-0.15, -0.1) is 0 Å². The molecule has 21 heavy (non-hydrogen) atoms. The fourth-order valence-electron chi connectivity index (χ4n) is 2.68. The van der Waals surface area contributed by atoms with Crippen molar-refractivity contribution in [2.75, 3.05) is 0 Å². The second kappa shape index (κ2) is 4.91. The van der Waals surface area contributed by atoms with Gasteiger partial charge in [0.25, 0.3) is 5.91 Å². The maximum Gasteiger partial charge on any atom is 0.274 e. The second-order valence-corrected chi connectivity index (χ2v) is 5.89. The van der Waals surface area contributed by atoms with E-state index in [1.807, 2.05) is 38.1 Å². The maximum absolute atomic E-state index is 12.3. The molecule has 1 aromatic carbocycles. The molecule has 0 saturated carbocycles. The number of fused-ring (bicyclic) bond motifs is 1. The maximum atomic E-state index is 12.3. The van der Waals surface area contributed by atoms with Crippen LogP contribution in [0.2, 0.25) is 0 Å². The van der Waals surface area contributed by atoms with E-state index >= 15 is 0 Å². The lowest BCUT2D eigenvalue weighted by Crippen LogP contribution is -2.41. The van der Waals surface area contributed by atoms with Gasteiger partial charge in [-0.2, -0.15) is 0 Å². The monoisotopic (exact) mass is 286 g/mol. The summed E-state index contributed by atoms with van der Waals surface area (Å²) in [6.45, 7) is 5.76.